The molecular formula is C16H16FN3O2S. The molecule has 3 rings (SSSR count). The molecule has 0 unspecified atom stereocenters. The third kappa shape index (κ3) is 3.40. The highest BCUT2D eigenvalue weighted by atomic mass is 32.2. The van der Waals surface area contributed by atoms with Crippen LogP contribution in [0, 0.1) is 12.7 Å². The summed E-state index contributed by atoms with van der Waals surface area (Å²) in [5.41, 5.74) is 2.00. The van der Waals surface area contributed by atoms with Crippen molar-refractivity contribution in [3.8, 4) is 0 Å². The van der Waals surface area contributed by atoms with Crippen molar-refractivity contribution in [2.75, 3.05) is 6.54 Å². The van der Waals surface area contributed by atoms with Gasteiger partial charge in [-0.3, -0.25) is 0 Å². The van der Waals surface area contributed by atoms with Crippen LogP contribution in [0.15, 0.2) is 53.7 Å². The largest absolute Gasteiger partial charge is 0.307 e. The number of aromatic nitrogens is 2. The molecule has 5 nitrogen and oxygen atoms in total. The number of halogens is 1. The molecule has 1 N–H and O–H groups in total. The summed E-state index contributed by atoms with van der Waals surface area (Å²) in [5.74, 6) is -0.453. The average molecular weight is 333 g/mol. The van der Waals surface area contributed by atoms with Crippen LogP contribution in [0.4, 0.5) is 4.39 Å². The third-order valence-corrected chi connectivity index (χ3v) is 5.13. The van der Waals surface area contributed by atoms with E-state index in [9.17, 15) is 12.8 Å². The SMILES string of the molecule is Cc1cc(F)ccc1S(=O)(=O)NCCc1cn2ccccc2n1. The maximum Gasteiger partial charge on any atom is 0.240 e. The van der Waals surface area contributed by atoms with Gasteiger partial charge in [0, 0.05) is 25.4 Å². The van der Waals surface area contributed by atoms with Crippen molar-refractivity contribution >= 4 is 15.7 Å². The summed E-state index contributed by atoms with van der Waals surface area (Å²) in [5, 5.41) is 0. The summed E-state index contributed by atoms with van der Waals surface area (Å²) >= 11 is 0. The minimum absolute atomic E-state index is 0.0916. The highest BCUT2D eigenvalue weighted by Crippen LogP contribution is 2.16. The molecular weight excluding hydrogens is 317 g/mol. The van der Waals surface area contributed by atoms with Crippen LogP contribution in [0.3, 0.4) is 0 Å². The molecule has 23 heavy (non-hydrogen) atoms. The molecule has 3 aromatic rings. The highest BCUT2D eigenvalue weighted by molar-refractivity contribution is 7.89. The molecule has 0 radical (unpaired) electrons. The number of benzene rings is 1. The van der Waals surface area contributed by atoms with Gasteiger partial charge in [-0.05, 0) is 42.8 Å². The van der Waals surface area contributed by atoms with Crippen molar-refractivity contribution in [2.45, 2.75) is 18.2 Å². The Hall–Kier alpha value is -2.25. The van der Waals surface area contributed by atoms with Crippen LogP contribution < -0.4 is 4.72 Å². The molecule has 2 heterocycles. The van der Waals surface area contributed by atoms with Crippen LogP contribution in [0.2, 0.25) is 0 Å². The number of rotatable bonds is 5. The van der Waals surface area contributed by atoms with Gasteiger partial charge in [0.1, 0.15) is 11.5 Å². The van der Waals surface area contributed by atoms with E-state index < -0.39 is 15.8 Å². The van der Waals surface area contributed by atoms with E-state index in [0.717, 1.165) is 17.4 Å². The van der Waals surface area contributed by atoms with Crippen LogP contribution in [0.1, 0.15) is 11.3 Å². The first-order valence-electron chi connectivity index (χ1n) is 7.14. The number of pyridine rings is 1. The van der Waals surface area contributed by atoms with E-state index in [-0.39, 0.29) is 11.4 Å². The number of hydrogen-bond donors (Lipinski definition) is 1. The van der Waals surface area contributed by atoms with Crippen molar-refractivity contribution in [1.29, 1.82) is 0 Å². The molecule has 0 saturated carbocycles. The van der Waals surface area contributed by atoms with Crippen molar-refractivity contribution in [3.63, 3.8) is 0 Å². The molecule has 0 aliphatic rings. The smallest absolute Gasteiger partial charge is 0.240 e. The Balaban J connectivity index is 1.69. The fourth-order valence-electron chi connectivity index (χ4n) is 2.41. The van der Waals surface area contributed by atoms with Crippen LogP contribution in [-0.4, -0.2) is 24.3 Å². The van der Waals surface area contributed by atoms with E-state index in [2.05, 4.69) is 9.71 Å². The van der Waals surface area contributed by atoms with Gasteiger partial charge in [0.2, 0.25) is 10.0 Å². The lowest BCUT2D eigenvalue weighted by molar-refractivity contribution is 0.579. The summed E-state index contributed by atoms with van der Waals surface area (Å²) in [4.78, 5) is 4.50. The van der Waals surface area contributed by atoms with E-state index in [4.69, 9.17) is 0 Å². The van der Waals surface area contributed by atoms with E-state index in [1.807, 2.05) is 35.0 Å². The molecule has 1 aromatic carbocycles. The zero-order valence-electron chi connectivity index (χ0n) is 12.5. The Morgan fingerprint density at radius 1 is 1.26 bits per heavy atom. The summed E-state index contributed by atoms with van der Waals surface area (Å²) in [7, 11) is -3.66. The Morgan fingerprint density at radius 3 is 2.83 bits per heavy atom. The van der Waals surface area contributed by atoms with Gasteiger partial charge in [0.05, 0.1) is 10.6 Å². The fraction of sp³-hybridized carbons (Fsp3) is 0.188. The van der Waals surface area contributed by atoms with Gasteiger partial charge in [0.25, 0.3) is 0 Å². The van der Waals surface area contributed by atoms with Gasteiger partial charge < -0.3 is 4.40 Å². The van der Waals surface area contributed by atoms with Crippen molar-refractivity contribution in [3.05, 3.63) is 65.9 Å². The molecule has 0 atom stereocenters. The Kier molecular flexibility index (Phi) is 4.14. The summed E-state index contributed by atoms with van der Waals surface area (Å²) in [6.07, 6.45) is 4.23. The van der Waals surface area contributed by atoms with E-state index >= 15 is 0 Å². The number of nitrogens with one attached hydrogen (secondary N) is 1. The normalized spacial score (nSPS) is 11.9. The maximum absolute atomic E-state index is 13.1. The maximum atomic E-state index is 13.1. The molecule has 0 bridgehead atoms. The Labute approximate surface area is 133 Å². The van der Waals surface area contributed by atoms with Gasteiger partial charge in [-0.2, -0.15) is 0 Å². The van der Waals surface area contributed by atoms with Crippen molar-refractivity contribution < 1.29 is 12.8 Å². The highest BCUT2D eigenvalue weighted by Gasteiger charge is 2.16. The first kappa shape index (κ1) is 15.6. The molecule has 0 fully saturated rings. The lowest BCUT2D eigenvalue weighted by Gasteiger charge is -2.08. The minimum atomic E-state index is -3.66. The number of imidazole rings is 1. The van der Waals surface area contributed by atoms with Gasteiger partial charge in [0.15, 0.2) is 0 Å². The first-order valence-corrected chi connectivity index (χ1v) is 8.62. The number of fused-ring (bicyclic) bond motifs is 1. The van der Waals surface area contributed by atoms with Crippen LogP contribution >= 0.6 is 0 Å². The number of aryl methyl sites for hydroxylation is 1. The summed E-state index contributed by atoms with van der Waals surface area (Å²) < 4.78 is 42.0. The predicted molar refractivity (Wildman–Crippen MR) is 85.2 cm³/mol. The molecule has 0 amide bonds. The molecule has 0 aliphatic carbocycles. The zero-order chi connectivity index (χ0) is 16.4. The lowest BCUT2D eigenvalue weighted by atomic mass is 10.2. The quantitative estimate of drug-likeness (QED) is 0.779. The second-order valence-corrected chi connectivity index (χ2v) is 6.99. The monoisotopic (exact) mass is 333 g/mol. The van der Waals surface area contributed by atoms with Crippen molar-refractivity contribution in [2.24, 2.45) is 0 Å². The van der Waals surface area contributed by atoms with Crippen LogP contribution in [0.25, 0.3) is 5.65 Å². The molecule has 120 valence electrons. The second-order valence-electron chi connectivity index (χ2n) is 5.26. The zero-order valence-corrected chi connectivity index (χ0v) is 13.3. The predicted octanol–water partition coefficient (Wildman–Crippen LogP) is 2.30. The number of sulfonamides is 1. The standard InChI is InChI=1S/C16H16FN3O2S/c1-12-10-13(17)5-6-15(12)23(21,22)18-8-7-14-11-20-9-3-2-4-16(20)19-14/h2-6,9-11,18H,7-8H2,1H3. The topological polar surface area (TPSA) is 63.5 Å². The first-order chi connectivity index (χ1) is 11.0. The number of hydrogen-bond acceptors (Lipinski definition) is 3. The van der Waals surface area contributed by atoms with Crippen LogP contribution in [0.5, 0.6) is 0 Å². The van der Waals surface area contributed by atoms with Gasteiger partial charge >= 0.3 is 0 Å². The van der Waals surface area contributed by atoms with Gasteiger partial charge in [-0.1, -0.05) is 6.07 Å². The molecule has 0 aliphatic heterocycles. The van der Waals surface area contributed by atoms with E-state index in [0.29, 0.717) is 12.0 Å². The molecule has 0 saturated heterocycles. The Bertz CT molecular complexity index is 918. The molecule has 2 aromatic heterocycles. The van der Waals surface area contributed by atoms with Crippen LogP contribution in [-0.2, 0) is 16.4 Å². The average Bonchev–Trinajstić information content (AvgIpc) is 2.89. The van der Waals surface area contributed by atoms with E-state index in [1.165, 1.54) is 12.1 Å². The van der Waals surface area contributed by atoms with Gasteiger partial charge in [-0.25, -0.2) is 22.5 Å². The Morgan fingerprint density at radius 2 is 2.09 bits per heavy atom. The van der Waals surface area contributed by atoms with Gasteiger partial charge in [-0.15, -0.1) is 0 Å². The second kappa shape index (κ2) is 6.10. The van der Waals surface area contributed by atoms with Crippen molar-refractivity contribution in [1.82, 2.24) is 14.1 Å². The minimum Gasteiger partial charge on any atom is -0.307 e. The number of nitrogens with zero attached hydrogens (tertiary/aromatic N) is 2. The lowest BCUT2D eigenvalue weighted by Crippen LogP contribution is -2.26. The fourth-order valence-corrected chi connectivity index (χ4v) is 3.67. The summed E-state index contributed by atoms with van der Waals surface area (Å²) in [6.45, 7) is 1.79. The molecule has 7 heteroatoms. The molecule has 0 spiro atoms. The van der Waals surface area contributed by atoms with E-state index in [1.54, 1.807) is 6.92 Å². The summed E-state index contributed by atoms with van der Waals surface area (Å²) in [6, 6.07) is 9.30. The third-order valence-electron chi connectivity index (χ3n) is 3.51.